The van der Waals surface area contributed by atoms with Gasteiger partial charge in [0.25, 0.3) is 0 Å². The van der Waals surface area contributed by atoms with Gasteiger partial charge in [-0.2, -0.15) is 0 Å². The number of pyridine rings is 1. The van der Waals surface area contributed by atoms with Gasteiger partial charge < -0.3 is 5.32 Å². The summed E-state index contributed by atoms with van der Waals surface area (Å²) in [7, 11) is 0. The summed E-state index contributed by atoms with van der Waals surface area (Å²) in [5.74, 6) is -0.116. The molecule has 0 bridgehead atoms. The molecule has 0 spiro atoms. The number of nitrogens with zero attached hydrogens (tertiary/aromatic N) is 1. The zero-order valence-corrected chi connectivity index (χ0v) is 13.3. The normalized spacial score (nSPS) is 13.0. The Bertz CT molecular complexity index is 627. The molecular weight excluding hydrogens is 272 g/mol. The van der Waals surface area contributed by atoms with E-state index in [1.54, 1.807) is 12.3 Å². The molecule has 1 aromatic carbocycles. The molecule has 2 aromatic rings. The lowest BCUT2D eigenvalue weighted by Gasteiger charge is -2.31. The fourth-order valence-corrected chi connectivity index (χ4v) is 2.27. The molecule has 114 valence electrons. The van der Waals surface area contributed by atoms with Gasteiger partial charge in [0.1, 0.15) is 0 Å². The third-order valence-electron chi connectivity index (χ3n) is 3.38. The Morgan fingerprint density at radius 1 is 1.09 bits per heavy atom. The highest BCUT2D eigenvalue weighted by atomic mass is 16.1. The van der Waals surface area contributed by atoms with E-state index in [0.29, 0.717) is 0 Å². The lowest BCUT2D eigenvalue weighted by Crippen LogP contribution is -2.35. The predicted octanol–water partition coefficient (Wildman–Crippen LogP) is 4.00. The quantitative estimate of drug-likeness (QED) is 0.866. The molecule has 1 heterocycles. The molecule has 0 saturated heterocycles. The van der Waals surface area contributed by atoms with Crippen LogP contribution in [0.1, 0.15) is 38.1 Å². The lowest BCUT2D eigenvalue weighted by atomic mass is 9.82. The van der Waals surface area contributed by atoms with Crippen molar-refractivity contribution in [1.82, 2.24) is 10.3 Å². The Labute approximate surface area is 132 Å². The van der Waals surface area contributed by atoms with E-state index in [2.05, 4.69) is 31.1 Å². The van der Waals surface area contributed by atoms with E-state index in [1.807, 2.05) is 48.5 Å². The van der Waals surface area contributed by atoms with Crippen LogP contribution in [0.25, 0.3) is 6.08 Å². The van der Waals surface area contributed by atoms with Gasteiger partial charge in [-0.1, -0.05) is 57.2 Å². The molecule has 0 radical (unpaired) electrons. The third kappa shape index (κ3) is 4.55. The molecule has 1 unspecified atom stereocenters. The zero-order valence-electron chi connectivity index (χ0n) is 13.3. The van der Waals surface area contributed by atoms with E-state index < -0.39 is 0 Å². The second-order valence-electron chi connectivity index (χ2n) is 6.31. The summed E-state index contributed by atoms with van der Waals surface area (Å²) < 4.78 is 0. The van der Waals surface area contributed by atoms with E-state index in [-0.39, 0.29) is 17.4 Å². The van der Waals surface area contributed by atoms with Crippen LogP contribution in [-0.2, 0) is 4.79 Å². The van der Waals surface area contributed by atoms with Gasteiger partial charge in [0.05, 0.1) is 11.7 Å². The zero-order chi connectivity index (χ0) is 16.0. The molecule has 2 rings (SSSR count). The second kappa shape index (κ2) is 7.03. The van der Waals surface area contributed by atoms with Crippen molar-refractivity contribution in [2.45, 2.75) is 26.8 Å². The van der Waals surface area contributed by atoms with Crippen LogP contribution in [0.3, 0.4) is 0 Å². The van der Waals surface area contributed by atoms with Gasteiger partial charge >= 0.3 is 0 Å². The number of amides is 1. The minimum Gasteiger partial charge on any atom is -0.345 e. The van der Waals surface area contributed by atoms with Gasteiger partial charge in [0, 0.05) is 12.3 Å². The van der Waals surface area contributed by atoms with Gasteiger partial charge in [-0.3, -0.25) is 9.78 Å². The fraction of sp³-hybridized carbons (Fsp3) is 0.263. The van der Waals surface area contributed by atoms with E-state index >= 15 is 0 Å². The Morgan fingerprint density at radius 3 is 2.36 bits per heavy atom. The summed E-state index contributed by atoms with van der Waals surface area (Å²) in [4.78, 5) is 16.4. The average Bonchev–Trinajstić information content (AvgIpc) is 2.51. The lowest BCUT2D eigenvalue weighted by molar-refractivity contribution is -0.117. The Morgan fingerprint density at radius 2 is 1.77 bits per heavy atom. The van der Waals surface area contributed by atoms with Crippen molar-refractivity contribution in [2.75, 3.05) is 0 Å². The first-order valence-corrected chi connectivity index (χ1v) is 7.41. The number of rotatable bonds is 4. The Hall–Kier alpha value is -2.42. The summed E-state index contributed by atoms with van der Waals surface area (Å²) in [5.41, 5.74) is 1.80. The van der Waals surface area contributed by atoms with E-state index in [9.17, 15) is 4.79 Å². The molecule has 3 heteroatoms. The first-order valence-electron chi connectivity index (χ1n) is 7.41. The van der Waals surface area contributed by atoms with Crippen LogP contribution < -0.4 is 5.32 Å². The maximum absolute atomic E-state index is 12.2. The van der Waals surface area contributed by atoms with Crippen molar-refractivity contribution in [1.29, 1.82) is 0 Å². The van der Waals surface area contributed by atoms with E-state index in [4.69, 9.17) is 0 Å². The highest BCUT2D eigenvalue weighted by Crippen LogP contribution is 2.32. The van der Waals surface area contributed by atoms with Crippen LogP contribution in [-0.4, -0.2) is 10.9 Å². The smallest absolute Gasteiger partial charge is 0.244 e. The highest BCUT2D eigenvalue weighted by Gasteiger charge is 2.27. The molecule has 1 amide bonds. The molecule has 1 N–H and O–H groups in total. The standard InChI is InChI=1S/C19H22N2O/c1-19(2,3)18(15-9-5-4-6-10-15)21-17(22)13-12-16-11-7-8-14-20-16/h4-14,18H,1-3H3,(H,21,22). The SMILES string of the molecule is CC(C)(C)C(NC(=O)C=Cc1ccccn1)c1ccccc1. The number of nitrogens with one attached hydrogen (secondary N) is 1. The van der Waals surface area contributed by atoms with Crippen LogP contribution >= 0.6 is 0 Å². The van der Waals surface area contributed by atoms with Crippen LogP contribution in [0.2, 0.25) is 0 Å². The molecule has 1 atom stereocenters. The minimum absolute atomic E-state index is 0.0467. The number of aromatic nitrogens is 1. The maximum atomic E-state index is 12.2. The van der Waals surface area contributed by atoms with Crippen molar-refractivity contribution < 1.29 is 4.79 Å². The summed E-state index contributed by atoms with van der Waals surface area (Å²) in [5, 5.41) is 3.09. The average molecular weight is 294 g/mol. The monoisotopic (exact) mass is 294 g/mol. The molecule has 0 fully saturated rings. The molecule has 0 saturated carbocycles. The van der Waals surface area contributed by atoms with Crippen molar-refractivity contribution >= 4 is 12.0 Å². The number of benzene rings is 1. The van der Waals surface area contributed by atoms with Crippen LogP contribution in [0.5, 0.6) is 0 Å². The molecule has 0 aliphatic rings. The topological polar surface area (TPSA) is 42.0 Å². The summed E-state index contributed by atoms with van der Waals surface area (Å²) in [6.45, 7) is 6.36. The predicted molar refractivity (Wildman–Crippen MR) is 90.1 cm³/mol. The first-order chi connectivity index (χ1) is 10.5. The maximum Gasteiger partial charge on any atom is 0.244 e. The molecule has 22 heavy (non-hydrogen) atoms. The van der Waals surface area contributed by atoms with Crippen LogP contribution in [0.4, 0.5) is 0 Å². The van der Waals surface area contributed by atoms with E-state index in [1.165, 1.54) is 6.08 Å². The number of carbonyl (C=O) groups excluding carboxylic acids is 1. The van der Waals surface area contributed by atoms with Gasteiger partial charge in [-0.25, -0.2) is 0 Å². The molecule has 1 aromatic heterocycles. The first kappa shape index (κ1) is 16.0. The summed E-state index contributed by atoms with van der Waals surface area (Å²) in [6, 6.07) is 15.6. The van der Waals surface area contributed by atoms with Gasteiger partial charge in [-0.15, -0.1) is 0 Å². The molecule has 0 aliphatic carbocycles. The highest BCUT2D eigenvalue weighted by molar-refractivity contribution is 5.91. The van der Waals surface area contributed by atoms with Crippen molar-refractivity contribution in [3.05, 3.63) is 72.1 Å². The van der Waals surface area contributed by atoms with E-state index in [0.717, 1.165) is 11.3 Å². The van der Waals surface area contributed by atoms with Crippen molar-refractivity contribution in [3.8, 4) is 0 Å². The second-order valence-corrected chi connectivity index (χ2v) is 6.31. The Kier molecular flexibility index (Phi) is 5.10. The van der Waals surface area contributed by atoms with Crippen LogP contribution in [0, 0.1) is 5.41 Å². The van der Waals surface area contributed by atoms with Crippen molar-refractivity contribution in [3.63, 3.8) is 0 Å². The van der Waals surface area contributed by atoms with Gasteiger partial charge in [0.2, 0.25) is 5.91 Å². The fourth-order valence-electron chi connectivity index (χ4n) is 2.27. The number of hydrogen-bond acceptors (Lipinski definition) is 2. The summed E-state index contributed by atoms with van der Waals surface area (Å²) >= 11 is 0. The van der Waals surface area contributed by atoms with Gasteiger partial charge in [0.15, 0.2) is 0 Å². The minimum atomic E-state index is -0.116. The third-order valence-corrected chi connectivity index (χ3v) is 3.38. The summed E-state index contributed by atoms with van der Waals surface area (Å²) in [6.07, 6.45) is 4.96. The van der Waals surface area contributed by atoms with Crippen molar-refractivity contribution in [2.24, 2.45) is 5.41 Å². The Balaban J connectivity index is 2.11. The molecular formula is C19H22N2O. The van der Waals surface area contributed by atoms with Gasteiger partial charge in [-0.05, 0) is 29.2 Å². The number of carbonyl (C=O) groups is 1. The van der Waals surface area contributed by atoms with Crippen LogP contribution in [0.15, 0.2) is 60.8 Å². The largest absolute Gasteiger partial charge is 0.345 e. The molecule has 0 aliphatic heterocycles. The number of hydrogen-bond donors (Lipinski definition) is 1. The molecule has 3 nitrogen and oxygen atoms in total.